The molecule has 3 heteroatoms. The highest BCUT2D eigenvalue weighted by Gasteiger charge is 2.04. The van der Waals surface area contributed by atoms with Crippen molar-refractivity contribution in [3.8, 4) is 0 Å². The largest absolute Gasteiger partial charge is 0.466 e. The monoisotopic (exact) mass is 242 g/mol. The summed E-state index contributed by atoms with van der Waals surface area (Å²) < 4.78 is 4.44. The second-order valence-corrected chi connectivity index (χ2v) is 4.40. The van der Waals surface area contributed by atoms with Crippen LogP contribution in [0.25, 0.3) is 0 Å². The summed E-state index contributed by atoms with van der Waals surface area (Å²) in [6, 6.07) is 0. The summed E-state index contributed by atoms with van der Waals surface area (Å²) in [5.41, 5.74) is 0.473. The van der Waals surface area contributed by atoms with Crippen molar-refractivity contribution in [1.29, 1.82) is 0 Å². The van der Waals surface area contributed by atoms with Gasteiger partial charge in [0.05, 0.1) is 7.11 Å². The molecule has 0 bridgehead atoms. The lowest BCUT2D eigenvalue weighted by Crippen LogP contribution is -2.03. The Morgan fingerprint density at radius 3 is 1.94 bits per heavy atom. The van der Waals surface area contributed by atoms with E-state index in [2.05, 4.69) is 11.3 Å². The lowest BCUT2D eigenvalue weighted by atomic mass is 10.0. The Kier molecular flexibility index (Phi) is 11.1. The number of carbonyl (C=O) groups is 1. The molecule has 100 valence electrons. The van der Waals surface area contributed by atoms with Gasteiger partial charge in [-0.05, 0) is 19.3 Å². The molecule has 1 aliphatic rings. The van der Waals surface area contributed by atoms with E-state index < -0.39 is 0 Å². The van der Waals surface area contributed by atoms with Crippen molar-refractivity contribution in [3.05, 3.63) is 12.2 Å². The fourth-order valence-corrected chi connectivity index (χ4v) is 1.76. The Labute approximate surface area is 105 Å². The van der Waals surface area contributed by atoms with E-state index in [1.807, 2.05) is 0 Å². The number of unbranched alkanes of at least 4 members (excludes halogenated alkanes) is 1. The molecule has 1 rings (SSSR count). The third kappa shape index (κ3) is 10.1. The van der Waals surface area contributed by atoms with Crippen molar-refractivity contribution in [2.45, 2.75) is 57.8 Å². The van der Waals surface area contributed by atoms with E-state index >= 15 is 0 Å². The minimum atomic E-state index is -0.358. The van der Waals surface area contributed by atoms with Crippen LogP contribution in [0.3, 0.4) is 0 Å². The molecule has 0 aromatic rings. The molecule has 0 saturated heterocycles. The molecule has 0 aromatic heterocycles. The normalized spacial score (nSPS) is 14.5. The van der Waals surface area contributed by atoms with Gasteiger partial charge in [0.25, 0.3) is 0 Å². The first-order valence-electron chi connectivity index (χ1n) is 6.59. The Morgan fingerprint density at radius 2 is 1.59 bits per heavy atom. The van der Waals surface area contributed by atoms with Gasteiger partial charge in [-0.3, -0.25) is 0 Å². The summed E-state index contributed by atoms with van der Waals surface area (Å²) in [4.78, 5) is 10.7. The van der Waals surface area contributed by atoms with Crippen LogP contribution in [0.5, 0.6) is 0 Å². The summed E-state index contributed by atoms with van der Waals surface area (Å²) in [5, 5.41) is 8.43. The molecule has 1 saturated carbocycles. The van der Waals surface area contributed by atoms with E-state index in [1.54, 1.807) is 0 Å². The number of esters is 1. The second kappa shape index (κ2) is 11.6. The van der Waals surface area contributed by atoms with E-state index in [-0.39, 0.29) is 12.6 Å². The molecule has 1 aliphatic carbocycles. The summed E-state index contributed by atoms with van der Waals surface area (Å²) in [7, 11) is 1.33. The van der Waals surface area contributed by atoms with Crippen molar-refractivity contribution in [1.82, 2.24) is 0 Å². The number of hydrogen-bond donors (Lipinski definition) is 1. The van der Waals surface area contributed by atoms with Crippen LogP contribution in [0.2, 0.25) is 0 Å². The van der Waals surface area contributed by atoms with Gasteiger partial charge in [-0.2, -0.15) is 0 Å². The molecule has 3 nitrogen and oxygen atoms in total. The minimum Gasteiger partial charge on any atom is -0.466 e. The summed E-state index contributed by atoms with van der Waals surface area (Å²) >= 11 is 0. The van der Waals surface area contributed by atoms with Crippen molar-refractivity contribution in [3.63, 3.8) is 0 Å². The molecule has 0 aliphatic heterocycles. The molecular formula is C14H26O3. The number of hydrogen-bond acceptors (Lipinski definition) is 3. The highest BCUT2D eigenvalue weighted by atomic mass is 16.5. The lowest BCUT2D eigenvalue weighted by Gasteiger charge is -2.05. The van der Waals surface area contributed by atoms with E-state index in [1.165, 1.54) is 45.6 Å². The molecule has 0 unspecified atom stereocenters. The van der Waals surface area contributed by atoms with Crippen LogP contribution in [0.15, 0.2) is 12.2 Å². The number of ether oxygens (including phenoxy) is 1. The number of aliphatic hydroxyl groups excluding tert-OH is 1. The first kappa shape index (κ1) is 16.2. The molecule has 0 heterocycles. The van der Waals surface area contributed by atoms with Crippen LogP contribution in [-0.2, 0) is 9.53 Å². The van der Waals surface area contributed by atoms with Crippen molar-refractivity contribution in [2.24, 2.45) is 0 Å². The summed E-state index contributed by atoms with van der Waals surface area (Å²) in [6.45, 7) is 3.70. The maximum atomic E-state index is 10.7. The molecular weight excluding hydrogens is 216 g/mol. The zero-order valence-corrected chi connectivity index (χ0v) is 11.0. The first-order valence-corrected chi connectivity index (χ1v) is 6.59. The Balaban J connectivity index is 0.000000354. The van der Waals surface area contributed by atoms with E-state index in [4.69, 9.17) is 5.11 Å². The van der Waals surface area contributed by atoms with Crippen molar-refractivity contribution < 1.29 is 14.6 Å². The van der Waals surface area contributed by atoms with Crippen LogP contribution >= 0.6 is 0 Å². The van der Waals surface area contributed by atoms with Gasteiger partial charge in [0.15, 0.2) is 0 Å². The topological polar surface area (TPSA) is 46.5 Å². The molecule has 1 fully saturated rings. The maximum Gasteiger partial charge on any atom is 0.333 e. The highest BCUT2D eigenvalue weighted by Crippen LogP contribution is 2.15. The number of carbonyl (C=O) groups excluding carboxylic acids is 1. The van der Waals surface area contributed by atoms with Crippen LogP contribution in [0.1, 0.15) is 57.8 Å². The summed E-state index contributed by atoms with van der Waals surface area (Å²) in [5.74, 6) is -0.358. The quantitative estimate of drug-likeness (QED) is 0.457. The van der Waals surface area contributed by atoms with E-state index in [0.29, 0.717) is 18.4 Å². The molecule has 0 atom stereocenters. The van der Waals surface area contributed by atoms with Crippen molar-refractivity contribution in [2.75, 3.05) is 13.7 Å². The van der Waals surface area contributed by atoms with Gasteiger partial charge < -0.3 is 9.84 Å². The Morgan fingerprint density at radius 1 is 1.12 bits per heavy atom. The standard InChI is InChI=1S/C8H14O3.C6H12/c1-7(8(10)11-2)5-3-4-6-9;1-2-4-6-5-3-1/h9H,1,3-6H2,2H3;1-6H2. The predicted octanol–water partition coefficient (Wildman–Crippen LogP) is 3.22. The average molecular weight is 242 g/mol. The zero-order chi connectivity index (χ0) is 12.9. The van der Waals surface area contributed by atoms with Gasteiger partial charge >= 0.3 is 5.97 Å². The highest BCUT2D eigenvalue weighted by molar-refractivity contribution is 5.87. The maximum absolute atomic E-state index is 10.7. The average Bonchev–Trinajstić information content (AvgIpc) is 2.40. The van der Waals surface area contributed by atoms with E-state index in [0.717, 1.165) is 6.42 Å². The smallest absolute Gasteiger partial charge is 0.333 e. The lowest BCUT2D eigenvalue weighted by molar-refractivity contribution is -0.136. The number of methoxy groups -OCH3 is 1. The van der Waals surface area contributed by atoms with Gasteiger partial charge in [0.1, 0.15) is 0 Å². The van der Waals surface area contributed by atoms with Gasteiger partial charge in [-0.25, -0.2) is 4.79 Å². The van der Waals surface area contributed by atoms with Gasteiger partial charge in [-0.1, -0.05) is 45.1 Å². The molecule has 0 spiro atoms. The van der Waals surface area contributed by atoms with Crippen molar-refractivity contribution >= 4 is 5.97 Å². The predicted molar refractivity (Wildman–Crippen MR) is 69.8 cm³/mol. The van der Waals surface area contributed by atoms with E-state index in [9.17, 15) is 4.79 Å². The molecule has 17 heavy (non-hydrogen) atoms. The third-order valence-corrected chi connectivity index (χ3v) is 2.86. The Bertz CT molecular complexity index is 196. The fraction of sp³-hybridized carbons (Fsp3) is 0.786. The minimum absolute atomic E-state index is 0.161. The van der Waals surface area contributed by atoms with Gasteiger partial charge in [0.2, 0.25) is 0 Å². The number of rotatable bonds is 5. The molecule has 0 radical (unpaired) electrons. The second-order valence-electron chi connectivity index (χ2n) is 4.40. The SMILES string of the molecule is C1CCCCC1.C=C(CCCCO)C(=O)OC. The first-order chi connectivity index (χ1) is 8.22. The molecule has 0 aromatic carbocycles. The Hall–Kier alpha value is -0.830. The van der Waals surface area contributed by atoms with Crippen LogP contribution in [0, 0.1) is 0 Å². The summed E-state index contributed by atoms with van der Waals surface area (Å²) in [6.07, 6.45) is 11.1. The molecule has 1 N–H and O–H groups in total. The zero-order valence-electron chi connectivity index (χ0n) is 11.0. The van der Waals surface area contributed by atoms with Crippen LogP contribution in [-0.4, -0.2) is 24.8 Å². The number of aliphatic hydroxyl groups is 1. The molecule has 0 amide bonds. The van der Waals surface area contributed by atoms with Crippen LogP contribution in [0.4, 0.5) is 0 Å². The van der Waals surface area contributed by atoms with Gasteiger partial charge in [-0.15, -0.1) is 0 Å². The third-order valence-electron chi connectivity index (χ3n) is 2.86. The van der Waals surface area contributed by atoms with Crippen LogP contribution < -0.4 is 0 Å². The fourth-order valence-electron chi connectivity index (χ4n) is 1.76. The van der Waals surface area contributed by atoms with Gasteiger partial charge in [0, 0.05) is 12.2 Å².